The maximum atomic E-state index is 12.1. The van der Waals surface area contributed by atoms with Crippen LogP contribution in [-0.4, -0.2) is 8.42 Å². The van der Waals surface area contributed by atoms with E-state index >= 15 is 0 Å². The summed E-state index contributed by atoms with van der Waals surface area (Å²) in [6.07, 6.45) is 0. The number of benzene rings is 1. The van der Waals surface area contributed by atoms with Crippen LogP contribution in [0.15, 0.2) is 34.5 Å². The molecule has 0 saturated heterocycles. The van der Waals surface area contributed by atoms with Crippen LogP contribution in [0.3, 0.4) is 0 Å². The fraction of sp³-hybridized carbons (Fsp3) is 0. The van der Waals surface area contributed by atoms with E-state index in [1.807, 2.05) is 28.7 Å². The van der Waals surface area contributed by atoms with Gasteiger partial charge >= 0.3 is 0 Å². The first-order valence-corrected chi connectivity index (χ1v) is 8.66. The Morgan fingerprint density at radius 2 is 2.05 bits per heavy atom. The molecule has 1 N–H and O–H groups in total. The van der Waals surface area contributed by atoms with Gasteiger partial charge in [0.1, 0.15) is 15.2 Å². The maximum absolute atomic E-state index is 12.1. The highest BCUT2D eigenvalue weighted by Crippen LogP contribution is 2.27. The number of halogens is 2. The summed E-state index contributed by atoms with van der Waals surface area (Å²) in [6.45, 7) is 0. The van der Waals surface area contributed by atoms with Crippen LogP contribution in [0.2, 0.25) is 5.02 Å². The fourth-order valence-corrected chi connectivity index (χ4v) is 4.66. The van der Waals surface area contributed by atoms with E-state index in [2.05, 4.69) is 4.72 Å². The molecule has 8 heteroatoms. The van der Waals surface area contributed by atoms with Crippen LogP contribution in [0.25, 0.3) is 0 Å². The van der Waals surface area contributed by atoms with E-state index in [1.54, 1.807) is 18.2 Å². The lowest BCUT2D eigenvalue weighted by atomic mass is 10.3. The van der Waals surface area contributed by atoms with Crippen molar-refractivity contribution < 1.29 is 8.42 Å². The number of rotatable bonds is 3. The number of nitriles is 1. The minimum Gasteiger partial charge on any atom is -0.278 e. The summed E-state index contributed by atoms with van der Waals surface area (Å²) in [5, 5.41) is 9.25. The van der Waals surface area contributed by atoms with Crippen molar-refractivity contribution in [2.75, 3.05) is 4.72 Å². The van der Waals surface area contributed by atoms with Crippen LogP contribution in [0.1, 0.15) is 4.88 Å². The lowest BCUT2D eigenvalue weighted by molar-refractivity contribution is 0.603. The number of nitrogens with one attached hydrogen (secondary N) is 1. The topological polar surface area (TPSA) is 70.0 Å². The smallest absolute Gasteiger partial charge is 0.271 e. The molecule has 0 spiro atoms. The van der Waals surface area contributed by atoms with Gasteiger partial charge in [0.05, 0.1) is 5.69 Å². The van der Waals surface area contributed by atoms with Crippen molar-refractivity contribution in [2.45, 2.75) is 4.21 Å². The second-order valence-electron chi connectivity index (χ2n) is 3.46. The first-order valence-electron chi connectivity index (χ1n) is 4.90. The van der Waals surface area contributed by atoms with E-state index in [0.717, 1.165) is 11.3 Å². The summed E-state index contributed by atoms with van der Waals surface area (Å²) < 4.78 is 27.5. The van der Waals surface area contributed by atoms with E-state index in [0.29, 0.717) is 19.2 Å². The molecule has 2 aromatic rings. The number of hydrogen-bond donors (Lipinski definition) is 1. The first-order chi connectivity index (χ1) is 8.92. The Morgan fingerprint density at radius 1 is 1.32 bits per heavy atom. The summed E-state index contributed by atoms with van der Waals surface area (Å²) in [6, 6.07) is 9.67. The summed E-state index contributed by atoms with van der Waals surface area (Å²) in [5.74, 6) is 0. The molecule has 98 valence electrons. The highest BCUT2D eigenvalue weighted by Gasteiger charge is 2.18. The number of thiophene rings is 1. The third kappa shape index (κ3) is 3.39. The predicted octanol–water partition coefficient (Wildman–Crippen LogP) is 3.68. The van der Waals surface area contributed by atoms with Gasteiger partial charge in [-0.25, -0.2) is 8.42 Å². The Labute approximate surface area is 133 Å². The van der Waals surface area contributed by atoms with Gasteiger partial charge < -0.3 is 0 Å². The van der Waals surface area contributed by atoms with Crippen molar-refractivity contribution in [2.24, 2.45) is 0 Å². The summed E-state index contributed by atoms with van der Waals surface area (Å²) >= 11 is 8.74. The zero-order valence-corrected chi connectivity index (χ0v) is 13.8. The molecule has 0 saturated carbocycles. The molecule has 1 aromatic carbocycles. The van der Waals surface area contributed by atoms with Crippen LogP contribution in [-0.2, 0) is 10.0 Å². The Bertz CT molecular complexity index is 765. The molecule has 0 unspecified atom stereocenters. The van der Waals surface area contributed by atoms with Gasteiger partial charge in [-0.3, -0.25) is 4.72 Å². The van der Waals surface area contributed by atoms with Gasteiger partial charge in [-0.2, -0.15) is 5.26 Å². The zero-order chi connectivity index (χ0) is 14.0. The average Bonchev–Trinajstić information content (AvgIpc) is 2.82. The molecule has 0 aliphatic carbocycles. The van der Waals surface area contributed by atoms with Crippen molar-refractivity contribution in [1.82, 2.24) is 0 Å². The van der Waals surface area contributed by atoms with E-state index in [4.69, 9.17) is 16.9 Å². The van der Waals surface area contributed by atoms with Gasteiger partial charge in [0.15, 0.2) is 0 Å². The highest BCUT2D eigenvalue weighted by atomic mass is 127. The van der Waals surface area contributed by atoms with E-state index in [1.165, 1.54) is 12.1 Å². The SMILES string of the molecule is N#Cc1ccc(S(=O)(=O)Nc2ccc(Cl)cc2I)s1. The van der Waals surface area contributed by atoms with Gasteiger partial charge in [-0.1, -0.05) is 11.6 Å². The summed E-state index contributed by atoms with van der Waals surface area (Å²) in [7, 11) is -3.67. The van der Waals surface area contributed by atoms with Crippen molar-refractivity contribution in [3.8, 4) is 6.07 Å². The standard InChI is InChI=1S/C11H6ClIN2O2S2/c12-7-1-3-10(9(13)5-7)15-19(16,17)11-4-2-8(6-14)18-11/h1-5,15H. The second-order valence-corrected chi connectivity index (χ2v) is 8.05. The molecule has 0 bridgehead atoms. The number of hydrogen-bond acceptors (Lipinski definition) is 4. The molecule has 1 heterocycles. The number of nitrogens with zero attached hydrogens (tertiary/aromatic N) is 1. The van der Waals surface area contributed by atoms with E-state index in [9.17, 15) is 8.42 Å². The van der Waals surface area contributed by atoms with Gasteiger partial charge in [-0.05, 0) is 52.9 Å². The van der Waals surface area contributed by atoms with Crippen LogP contribution in [0.5, 0.6) is 0 Å². The molecule has 1 aromatic heterocycles. The second kappa shape index (κ2) is 5.66. The Balaban J connectivity index is 2.34. The molecule has 0 aliphatic rings. The molecule has 0 atom stereocenters. The normalized spacial score (nSPS) is 11.0. The quantitative estimate of drug-likeness (QED) is 0.764. The molecule has 2 rings (SSSR count). The molecule has 4 nitrogen and oxygen atoms in total. The number of sulfonamides is 1. The molecular weight excluding hydrogens is 419 g/mol. The average molecular weight is 425 g/mol. The zero-order valence-electron chi connectivity index (χ0n) is 9.22. The van der Waals surface area contributed by atoms with Crippen LogP contribution < -0.4 is 4.72 Å². The van der Waals surface area contributed by atoms with Crippen molar-refractivity contribution >= 4 is 61.2 Å². The molecule has 0 radical (unpaired) electrons. The van der Waals surface area contributed by atoms with Crippen LogP contribution in [0.4, 0.5) is 5.69 Å². The largest absolute Gasteiger partial charge is 0.278 e. The maximum Gasteiger partial charge on any atom is 0.271 e. The Morgan fingerprint density at radius 3 is 2.63 bits per heavy atom. The molecule has 0 aliphatic heterocycles. The minimum atomic E-state index is -3.67. The summed E-state index contributed by atoms with van der Waals surface area (Å²) in [4.78, 5) is 0.353. The molecule has 0 amide bonds. The monoisotopic (exact) mass is 424 g/mol. The van der Waals surface area contributed by atoms with Gasteiger partial charge in [0, 0.05) is 8.59 Å². The summed E-state index contributed by atoms with van der Waals surface area (Å²) in [5.41, 5.74) is 0.455. The van der Waals surface area contributed by atoms with Gasteiger partial charge in [0.2, 0.25) is 0 Å². The van der Waals surface area contributed by atoms with E-state index < -0.39 is 10.0 Å². The minimum absolute atomic E-state index is 0.106. The molecule has 19 heavy (non-hydrogen) atoms. The van der Waals surface area contributed by atoms with E-state index in [-0.39, 0.29) is 4.21 Å². The van der Waals surface area contributed by atoms with Crippen molar-refractivity contribution in [3.05, 3.63) is 43.8 Å². The fourth-order valence-electron chi connectivity index (χ4n) is 1.29. The van der Waals surface area contributed by atoms with Crippen molar-refractivity contribution in [3.63, 3.8) is 0 Å². The highest BCUT2D eigenvalue weighted by molar-refractivity contribution is 14.1. The predicted molar refractivity (Wildman–Crippen MR) is 84.0 cm³/mol. The first kappa shape index (κ1) is 14.6. The Kier molecular flexibility index (Phi) is 4.35. The third-order valence-corrected chi connectivity index (χ3v) is 6.11. The lowest BCUT2D eigenvalue weighted by Crippen LogP contribution is -2.12. The molecule has 0 fully saturated rings. The van der Waals surface area contributed by atoms with Crippen molar-refractivity contribution in [1.29, 1.82) is 5.26 Å². The van der Waals surface area contributed by atoms with Crippen LogP contribution in [0, 0.1) is 14.9 Å². The lowest BCUT2D eigenvalue weighted by Gasteiger charge is -2.08. The van der Waals surface area contributed by atoms with Gasteiger partial charge in [0.25, 0.3) is 10.0 Å². The Hall–Kier alpha value is -0.820. The number of anilines is 1. The third-order valence-electron chi connectivity index (χ3n) is 2.13. The van der Waals surface area contributed by atoms with Gasteiger partial charge in [-0.15, -0.1) is 11.3 Å². The molecular formula is C11H6ClIN2O2S2. The van der Waals surface area contributed by atoms with Crippen LogP contribution >= 0.6 is 45.5 Å².